The monoisotopic (exact) mass is 264 g/mol. The lowest BCUT2D eigenvalue weighted by Crippen LogP contribution is -2.71. The fraction of sp³-hybridized carbons (Fsp3) is 1.00. The van der Waals surface area contributed by atoms with Crippen LogP contribution in [0.5, 0.6) is 0 Å². The number of rotatable bonds is 0. The molecule has 8 fully saturated rings. The maximum atomic E-state index is 2.78. The second-order valence-corrected chi connectivity index (χ2v) is 11.4. The van der Waals surface area contributed by atoms with E-state index in [4.69, 9.17) is 0 Å². The minimum absolute atomic E-state index is 0.846. The Balaban J connectivity index is 1.53. The fourth-order valence-electron chi connectivity index (χ4n) is 13.3. The molecule has 0 aromatic rings. The van der Waals surface area contributed by atoms with Crippen molar-refractivity contribution < 1.29 is 0 Å². The largest absolute Gasteiger partial charge is 0.0591 e. The second kappa shape index (κ2) is 1.96. The molecule has 8 saturated carbocycles. The van der Waals surface area contributed by atoms with E-state index in [9.17, 15) is 0 Å². The highest BCUT2D eigenvalue weighted by molar-refractivity contribution is 5.43. The lowest BCUT2D eigenvalue weighted by atomic mass is 9.29. The van der Waals surface area contributed by atoms with Crippen molar-refractivity contribution in [1.82, 2.24) is 0 Å². The standard InChI is InChI=1S/C20H24/c1-18-4-11-15-7-2-8(18)12-14-13(17(12)18)10-5-19(15)6-20(10,11)16(14)9(19)3-7/h7-17H,2-6H2,1H3. The van der Waals surface area contributed by atoms with Crippen LogP contribution in [0.25, 0.3) is 0 Å². The van der Waals surface area contributed by atoms with Gasteiger partial charge in [0.15, 0.2) is 0 Å². The average molecular weight is 264 g/mol. The SMILES string of the molecule is CC12CC3C4C5CC1C1C6C(C12)C1CC42CC13C6C2C5. The molecule has 0 nitrogen and oxygen atoms in total. The molecule has 2 spiro atoms. The number of fused-ring (bicyclic) bond motifs is 10. The summed E-state index contributed by atoms with van der Waals surface area (Å²) in [6.07, 6.45) is 8.64. The molecule has 8 aliphatic rings. The summed E-state index contributed by atoms with van der Waals surface area (Å²) < 4.78 is 0. The fourth-order valence-corrected chi connectivity index (χ4v) is 13.3. The van der Waals surface area contributed by atoms with Crippen LogP contribution in [0.3, 0.4) is 0 Å². The zero-order chi connectivity index (χ0) is 12.4. The smallest absolute Gasteiger partial charge is 0.0195 e. The molecule has 20 heavy (non-hydrogen) atoms. The molecule has 14 atom stereocenters. The predicted molar refractivity (Wildman–Crippen MR) is 74.4 cm³/mol. The molecule has 104 valence electrons. The third-order valence-corrected chi connectivity index (χ3v) is 12.5. The van der Waals surface area contributed by atoms with Crippen molar-refractivity contribution in [1.29, 1.82) is 0 Å². The Labute approximate surface area is 121 Å². The molecular formula is C20H24. The van der Waals surface area contributed by atoms with E-state index in [1.54, 1.807) is 32.1 Å². The van der Waals surface area contributed by atoms with E-state index < -0.39 is 0 Å². The van der Waals surface area contributed by atoms with Gasteiger partial charge in [0.1, 0.15) is 0 Å². The molecule has 0 heterocycles. The van der Waals surface area contributed by atoms with E-state index in [0.29, 0.717) is 0 Å². The van der Waals surface area contributed by atoms with Crippen LogP contribution < -0.4 is 0 Å². The van der Waals surface area contributed by atoms with Crippen LogP contribution in [0.15, 0.2) is 0 Å². The summed E-state index contributed by atoms with van der Waals surface area (Å²) in [7, 11) is 0. The van der Waals surface area contributed by atoms with Crippen LogP contribution in [-0.4, -0.2) is 0 Å². The third-order valence-electron chi connectivity index (χ3n) is 12.5. The molecule has 0 heteroatoms. The zero-order valence-electron chi connectivity index (χ0n) is 12.4. The first kappa shape index (κ1) is 9.21. The molecule has 14 unspecified atom stereocenters. The second-order valence-electron chi connectivity index (χ2n) is 11.4. The summed E-state index contributed by atoms with van der Waals surface area (Å²) in [5, 5.41) is 0. The molecule has 0 aromatic heterocycles. The van der Waals surface area contributed by atoms with Crippen molar-refractivity contribution >= 4 is 0 Å². The first-order valence-electron chi connectivity index (χ1n) is 9.72. The summed E-state index contributed by atoms with van der Waals surface area (Å²) in [6, 6.07) is 0. The van der Waals surface area contributed by atoms with E-state index >= 15 is 0 Å². The van der Waals surface area contributed by atoms with Gasteiger partial charge in [0.05, 0.1) is 0 Å². The van der Waals surface area contributed by atoms with Gasteiger partial charge in [-0.3, -0.25) is 0 Å². The maximum Gasteiger partial charge on any atom is -0.0195 e. The Kier molecular flexibility index (Phi) is 0.904. The van der Waals surface area contributed by atoms with Gasteiger partial charge >= 0.3 is 0 Å². The van der Waals surface area contributed by atoms with Gasteiger partial charge in [-0.2, -0.15) is 0 Å². The summed E-state index contributed by atoms with van der Waals surface area (Å²) in [4.78, 5) is 0. The Morgan fingerprint density at radius 3 is 2.55 bits per heavy atom. The normalized spacial score (nSPS) is 94.3. The lowest BCUT2D eigenvalue weighted by Gasteiger charge is -2.75. The van der Waals surface area contributed by atoms with Gasteiger partial charge in [0, 0.05) is 0 Å². The van der Waals surface area contributed by atoms with Crippen molar-refractivity contribution in [2.24, 2.45) is 81.3 Å². The van der Waals surface area contributed by atoms with Crippen LogP contribution in [0.4, 0.5) is 0 Å². The van der Waals surface area contributed by atoms with Crippen LogP contribution in [0.2, 0.25) is 0 Å². The van der Waals surface area contributed by atoms with Crippen LogP contribution in [-0.2, 0) is 0 Å². The van der Waals surface area contributed by atoms with E-state index in [0.717, 1.165) is 16.2 Å². The molecule has 0 N–H and O–H groups in total. The molecule has 0 radical (unpaired) electrons. The van der Waals surface area contributed by atoms with Gasteiger partial charge in [-0.15, -0.1) is 0 Å². The molecule has 2 bridgehead atoms. The summed E-state index contributed by atoms with van der Waals surface area (Å²) in [5.41, 5.74) is 2.75. The van der Waals surface area contributed by atoms with Crippen LogP contribution in [0, 0.1) is 81.3 Å². The highest BCUT2D eigenvalue weighted by Crippen LogP contribution is 3.01. The van der Waals surface area contributed by atoms with Crippen molar-refractivity contribution in [3.63, 3.8) is 0 Å². The third kappa shape index (κ3) is 0.463. The van der Waals surface area contributed by atoms with E-state index in [1.165, 1.54) is 65.1 Å². The van der Waals surface area contributed by atoms with Gasteiger partial charge in [-0.05, 0) is 113 Å². The van der Waals surface area contributed by atoms with Crippen molar-refractivity contribution in [2.75, 3.05) is 0 Å². The van der Waals surface area contributed by atoms with Gasteiger partial charge in [-0.25, -0.2) is 0 Å². The molecular weight excluding hydrogens is 240 g/mol. The van der Waals surface area contributed by atoms with Crippen molar-refractivity contribution in [2.45, 2.75) is 39.0 Å². The van der Waals surface area contributed by atoms with Crippen molar-refractivity contribution in [3.05, 3.63) is 0 Å². The van der Waals surface area contributed by atoms with Gasteiger partial charge in [-0.1, -0.05) is 6.92 Å². The maximum absolute atomic E-state index is 2.78. The number of hydrogen-bond acceptors (Lipinski definition) is 0. The van der Waals surface area contributed by atoms with E-state index in [-0.39, 0.29) is 0 Å². The Hall–Kier alpha value is 0. The van der Waals surface area contributed by atoms with Crippen molar-refractivity contribution in [3.8, 4) is 0 Å². The summed E-state index contributed by atoms with van der Waals surface area (Å²) >= 11 is 0. The van der Waals surface area contributed by atoms with Crippen LogP contribution in [0.1, 0.15) is 39.0 Å². The van der Waals surface area contributed by atoms with E-state index in [2.05, 4.69) is 6.92 Å². The lowest BCUT2D eigenvalue weighted by molar-refractivity contribution is -0.279. The topological polar surface area (TPSA) is 0 Å². The molecule has 0 amide bonds. The predicted octanol–water partition coefficient (Wildman–Crippen LogP) is 3.82. The highest BCUT2D eigenvalue weighted by atomic mass is 15.0. The molecule has 8 aliphatic carbocycles. The Morgan fingerprint density at radius 1 is 0.750 bits per heavy atom. The summed E-state index contributed by atoms with van der Waals surface area (Å²) in [5.74, 6) is 13.7. The molecule has 0 saturated heterocycles. The highest BCUT2D eigenvalue weighted by Gasteiger charge is 2.96. The van der Waals surface area contributed by atoms with Gasteiger partial charge < -0.3 is 0 Å². The molecule has 0 aromatic carbocycles. The van der Waals surface area contributed by atoms with Crippen LogP contribution >= 0.6 is 0 Å². The molecule has 0 aliphatic heterocycles. The van der Waals surface area contributed by atoms with E-state index in [1.807, 2.05) is 0 Å². The minimum atomic E-state index is 0.846. The first-order valence-corrected chi connectivity index (χ1v) is 9.72. The quantitative estimate of drug-likeness (QED) is 0.624. The zero-order valence-corrected chi connectivity index (χ0v) is 12.4. The average Bonchev–Trinajstić information content (AvgIpc) is 2.98. The number of hydrogen-bond donors (Lipinski definition) is 0. The summed E-state index contributed by atoms with van der Waals surface area (Å²) in [6.45, 7) is 2.78. The first-order chi connectivity index (χ1) is 9.72. The minimum Gasteiger partial charge on any atom is -0.0591 e. The van der Waals surface area contributed by atoms with Gasteiger partial charge in [0.25, 0.3) is 0 Å². The Morgan fingerprint density at radius 2 is 1.60 bits per heavy atom. The molecule has 8 rings (SSSR count). The van der Waals surface area contributed by atoms with Gasteiger partial charge in [0.2, 0.25) is 0 Å². The Bertz CT molecular complexity index is 650.